The van der Waals surface area contributed by atoms with Crippen LogP contribution in [0.1, 0.15) is 41.4 Å². The predicted molar refractivity (Wildman–Crippen MR) is 125 cm³/mol. The molecule has 8 heteroatoms. The molecule has 1 saturated heterocycles. The first-order valence-electron chi connectivity index (χ1n) is 10.3. The molecule has 0 bridgehead atoms. The summed E-state index contributed by atoms with van der Waals surface area (Å²) in [6.45, 7) is 4.31. The molecule has 3 amide bonds. The molecule has 7 nitrogen and oxygen atoms in total. The molecule has 32 heavy (non-hydrogen) atoms. The Morgan fingerprint density at radius 3 is 2.75 bits per heavy atom. The van der Waals surface area contributed by atoms with E-state index in [0.29, 0.717) is 10.5 Å². The lowest BCUT2D eigenvalue weighted by Crippen LogP contribution is -2.37. The molecule has 0 aliphatic carbocycles. The first-order valence-corrected chi connectivity index (χ1v) is 11.1. The van der Waals surface area contributed by atoms with Crippen molar-refractivity contribution in [2.24, 2.45) is 0 Å². The van der Waals surface area contributed by atoms with Gasteiger partial charge in [0, 0.05) is 36.6 Å². The summed E-state index contributed by atoms with van der Waals surface area (Å²) in [7, 11) is 0. The molecule has 0 saturated carbocycles. The van der Waals surface area contributed by atoms with Crippen LogP contribution in [0.15, 0.2) is 59.8 Å². The molecule has 2 aromatic heterocycles. The maximum atomic E-state index is 12.9. The molecule has 0 radical (unpaired) electrons. The molecule has 1 aliphatic rings. The van der Waals surface area contributed by atoms with Crippen molar-refractivity contribution in [1.82, 2.24) is 20.2 Å². The van der Waals surface area contributed by atoms with Gasteiger partial charge in [-0.2, -0.15) is 0 Å². The van der Waals surface area contributed by atoms with E-state index in [-0.39, 0.29) is 36.1 Å². The highest BCUT2D eigenvalue weighted by molar-refractivity contribution is 8.18. The van der Waals surface area contributed by atoms with Gasteiger partial charge in [0.2, 0.25) is 0 Å². The fraction of sp³-hybridized carbons (Fsp3) is 0.208. The highest BCUT2D eigenvalue weighted by Gasteiger charge is 2.34. The zero-order valence-corrected chi connectivity index (χ0v) is 18.6. The van der Waals surface area contributed by atoms with Crippen LogP contribution < -0.4 is 5.32 Å². The van der Waals surface area contributed by atoms with Crippen LogP contribution >= 0.6 is 11.8 Å². The second-order valence-electron chi connectivity index (χ2n) is 7.64. The second-order valence-corrected chi connectivity index (χ2v) is 8.64. The molecular formula is C24H22N4O3S. The first-order chi connectivity index (χ1) is 15.4. The second kappa shape index (κ2) is 9.32. The van der Waals surface area contributed by atoms with Crippen molar-refractivity contribution in [2.45, 2.75) is 19.8 Å². The zero-order valence-electron chi connectivity index (χ0n) is 17.7. The molecule has 1 N–H and O–H groups in total. The molecule has 1 fully saturated rings. The van der Waals surface area contributed by atoms with Gasteiger partial charge in [-0.3, -0.25) is 29.3 Å². The van der Waals surface area contributed by atoms with Crippen molar-refractivity contribution in [2.75, 3.05) is 13.1 Å². The van der Waals surface area contributed by atoms with E-state index in [4.69, 9.17) is 0 Å². The van der Waals surface area contributed by atoms with Crippen LogP contribution in [0.5, 0.6) is 0 Å². The van der Waals surface area contributed by atoms with Gasteiger partial charge in [-0.15, -0.1) is 0 Å². The Hall–Kier alpha value is -3.52. The van der Waals surface area contributed by atoms with Crippen molar-refractivity contribution in [3.63, 3.8) is 0 Å². The van der Waals surface area contributed by atoms with Crippen LogP contribution in [0.3, 0.4) is 0 Å². The third kappa shape index (κ3) is 4.55. The number of hydrogen-bond donors (Lipinski definition) is 1. The Labute approximate surface area is 189 Å². The molecule has 0 unspecified atom stereocenters. The van der Waals surface area contributed by atoms with Gasteiger partial charge < -0.3 is 5.32 Å². The largest absolute Gasteiger partial charge is 0.350 e. The van der Waals surface area contributed by atoms with Crippen LogP contribution in [0.2, 0.25) is 0 Å². The maximum absolute atomic E-state index is 12.9. The normalized spacial score (nSPS) is 15.2. The Balaban J connectivity index is 1.45. The molecule has 3 aromatic rings. The van der Waals surface area contributed by atoms with Gasteiger partial charge in [0.1, 0.15) is 0 Å². The molecule has 1 aromatic carbocycles. The highest BCUT2D eigenvalue weighted by atomic mass is 32.2. The molecule has 4 rings (SSSR count). The summed E-state index contributed by atoms with van der Waals surface area (Å²) in [5.41, 5.74) is 2.87. The number of nitrogens with one attached hydrogen (secondary N) is 1. The quantitative estimate of drug-likeness (QED) is 0.570. The summed E-state index contributed by atoms with van der Waals surface area (Å²) in [5.74, 6) is -0.453. The number of hydrogen-bond acceptors (Lipinski definition) is 6. The summed E-state index contributed by atoms with van der Waals surface area (Å²) >= 11 is 0.889. The number of thioether (sulfide) groups is 1. The summed E-state index contributed by atoms with van der Waals surface area (Å²) < 4.78 is 0. The number of para-hydroxylation sites is 1. The standard InChI is InChI=1S/C24H22N4O3S/c1-15(2)20-13-18(17-7-3-4-8-19(17)27-20)22(29)26-10-11-28-23(30)21(32-24(28)31)12-16-6-5-9-25-14-16/h3-9,12-15H,10-11H2,1-2H3,(H,26,29)/b21-12-. The lowest BCUT2D eigenvalue weighted by Gasteiger charge is -2.14. The first kappa shape index (κ1) is 21.7. The van der Waals surface area contributed by atoms with Gasteiger partial charge in [-0.1, -0.05) is 38.1 Å². The van der Waals surface area contributed by atoms with Gasteiger partial charge in [0.15, 0.2) is 0 Å². The SMILES string of the molecule is CC(C)c1cc(C(=O)NCCN2C(=O)S/C(=C\c3cccnc3)C2=O)c2ccccc2n1. The number of amides is 3. The number of nitrogens with zero attached hydrogens (tertiary/aromatic N) is 3. The van der Waals surface area contributed by atoms with Gasteiger partial charge in [-0.25, -0.2) is 0 Å². The summed E-state index contributed by atoms with van der Waals surface area (Å²) in [6.07, 6.45) is 4.91. The van der Waals surface area contributed by atoms with Crippen molar-refractivity contribution in [3.05, 3.63) is 76.6 Å². The van der Waals surface area contributed by atoms with Crippen LogP contribution in [0.25, 0.3) is 17.0 Å². The smallest absolute Gasteiger partial charge is 0.293 e. The Morgan fingerprint density at radius 1 is 1.19 bits per heavy atom. The number of carbonyl (C=O) groups excluding carboxylic acids is 3. The van der Waals surface area contributed by atoms with E-state index in [1.54, 1.807) is 30.6 Å². The number of pyridine rings is 2. The number of carbonyl (C=O) groups is 3. The van der Waals surface area contributed by atoms with Gasteiger partial charge >= 0.3 is 0 Å². The van der Waals surface area contributed by atoms with Gasteiger partial charge in [0.05, 0.1) is 16.0 Å². The van der Waals surface area contributed by atoms with E-state index in [1.807, 2.05) is 44.2 Å². The molecule has 0 spiro atoms. The molecule has 0 atom stereocenters. The van der Waals surface area contributed by atoms with Crippen LogP contribution in [0.4, 0.5) is 4.79 Å². The summed E-state index contributed by atoms with van der Waals surface area (Å²) in [6, 6.07) is 12.9. The van der Waals surface area contributed by atoms with E-state index in [0.717, 1.165) is 38.8 Å². The predicted octanol–water partition coefficient (Wildman–Crippen LogP) is 4.22. The van der Waals surface area contributed by atoms with Crippen molar-refractivity contribution in [1.29, 1.82) is 0 Å². The number of benzene rings is 1. The summed E-state index contributed by atoms with van der Waals surface area (Å²) in [4.78, 5) is 48.0. The average molecular weight is 447 g/mol. The van der Waals surface area contributed by atoms with Crippen LogP contribution in [0, 0.1) is 0 Å². The minimum Gasteiger partial charge on any atom is -0.350 e. The Bertz CT molecular complexity index is 1220. The van der Waals surface area contributed by atoms with Crippen molar-refractivity contribution >= 4 is 45.8 Å². The zero-order chi connectivity index (χ0) is 22.7. The molecule has 1 aliphatic heterocycles. The maximum Gasteiger partial charge on any atom is 0.293 e. The van der Waals surface area contributed by atoms with Gasteiger partial charge in [0.25, 0.3) is 17.1 Å². The third-order valence-corrected chi connectivity index (χ3v) is 5.96. The van der Waals surface area contributed by atoms with E-state index < -0.39 is 0 Å². The lowest BCUT2D eigenvalue weighted by atomic mass is 10.0. The summed E-state index contributed by atoms with van der Waals surface area (Å²) in [5, 5.41) is 3.25. The van der Waals surface area contributed by atoms with Crippen molar-refractivity contribution in [3.8, 4) is 0 Å². The number of rotatable bonds is 6. The molecule has 162 valence electrons. The minimum atomic E-state index is -0.366. The fourth-order valence-electron chi connectivity index (χ4n) is 3.36. The topological polar surface area (TPSA) is 92.3 Å². The van der Waals surface area contributed by atoms with E-state index in [9.17, 15) is 14.4 Å². The lowest BCUT2D eigenvalue weighted by molar-refractivity contribution is -0.122. The minimum absolute atomic E-state index is 0.0981. The Morgan fingerprint density at radius 2 is 2.00 bits per heavy atom. The monoisotopic (exact) mass is 446 g/mol. The van der Waals surface area contributed by atoms with E-state index in [2.05, 4.69) is 15.3 Å². The average Bonchev–Trinajstić information content (AvgIpc) is 3.06. The van der Waals surface area contributed by atoms with E-state index in [1.165, 1.54) is 0 Å². The molecular weight excluding hydrogens is 424 g/mol. The van der Waals surface area contributed by atoms with Crippen LogP contribution in [-0.2, 0) is 4.79 Å². The third-order valence-electron chi connectivity index (χ3n) is 5.05. The highest BCUT2D eigenvalue weighted by Crippen LogP contribution is 2.31. The van der Waals surface area contributed by atoms with E-state index >= 15 is 0 Å². The van der Waals surface area contributed by atoms with Crippen LogP contribution in [-0.4, -0.2) is 45.0 Å². The molecule has 3 heterocycles. The number of imide groups is 1. The number of fused-ring (bicyclic) bond motifs is 1. The van der Waals surface area contributed by atoms with Gasteiger partial charge in [-0.05, 0) is 47.5 Å². The number of aromatic nitrogens is 2. The Kier molecular flexibility index (Phi) is 6.32. The van der Waals surface area contributed by atoms with Crippen molar-refractivity contribution < 1.29 is 14.4 Å². The fourth-order valence-corrected chi connectivity index (χ4v) is 4.23.